The predicted molar refractivity (Wildman–Crippen MR) is 52.7 cm³/mol. The third-order valence-corrected chi connectivity index (χ3v) is 2.53. The molecule has 0 bridgehead atoms. The van der Waals surface area contributed by atoms with E-state index in [1.165, 1.54) is 14.0 Å². The fourth-order valence-electron chi connectivity index (χ4n) is 1.60. The number of halogens is 3. The van der Waals surface area contributed by atoms with Crippen molar-refractivity contribution in [3.05, 3.63) is 22.8 Å². The van der Waals surface area contributed by atoms with Gasteiger partial charge < -0.3 is 4.74 Å². The summed E-state index contributed by atoms with van der Waals surface area (Å²) in [6.45, 7) is 1.47. The zero-order chi connectivity index (χ0) is 12.3. The average molecular weight is 234 g/mol. The molecule has 0 aliphatic heterocycles. The minimum absolute atomic E-state index is 0.0661. The Morgan fingerprint density at radius 3 is 2.56 bits per heavy atom. The van der Waals surface area contributed by atoms with Gasteiger partial charge in [0.1, 0.15) is 0 Å². The number of hydrogen-bond acceptors (Lipinski definition) is 2. The molecule has 0 N–H and O–H groups in total. The molecule has 0 aromatic carbocycles. The third-order valence-electron chi connectivity index (χ3n) is 2.53. The molecular formula is C11H13F3O2. The van der Waals surface area contributed by atoms with Crippen LogP contribution in [0.2, 0.25) is 0 Å². The Hall–Kier alpha value is -1.26. The molecule has 5 heteroatoms. The van der Waals surface area contributed by atoms with Crippen LogP contribution in [-0.2, 0) is 9.53 Å². The summed E-state index contributed by atoms with van der Waals surface area (Å²) in [5, 5.41) is 0. The van der Waals surface area contributed by atoms with E-state index in [1.54, 1.807) is 0 Å². The summed E-state index contributed by atoms with van der Waals surface area (Å²) in [6.07, 6.45) is -2.51. The summed E-state index contributed by atoms with van der Waals surface area (Å²) in [5.41, 5.74) is 0.170. The maximum Gasteiger partial charge on any atom is 0.416 e. The van der Waals surface area contributed by atoms with Crippen LogP contribution in [0.1, 0.15) is 26.2 Å². The molecule has 2 nitrogen and oxygen atoms in total. The van der Waals surface area contributed by atoms with Crippen LogP contribution in [0.15, 0.2) is 22.8 Å². The first-order valence-corrected chi connectivity index (χ1v) is 4.88. The summed E-state index contributed by atoms with van der Waals surface area (Å²) < 4.78 is 42.1. The van der Waals surface area contributed by atoms with Crippen molar-refractivity contribution >= 4 is 5.97 Å². The molecule has 0 atom stereocenters. The highest BCUT2D eigenvalue weighted by Crippen LogP contribution is 2.36. The lowest BCUT2D eigenvalue weighted by molar-refractivity contribution is -0.139. The molecule has 0 saturated carbocycles. The standard InChI is InChI=1S/C11H13F3O2/c1-7-3-4-8(6-10(15)16-2)5-9(7)11(12,13)14/h5H,3-4,6H2,1-2H3. The highest BCUT2D eigenvalue weighted by Gasteiger charge is 2.35. The minimum atomic E-state index is -4.34. The number of esters is 1. The van der Waals surface area contributed by atoms with Crippen LogP contribution in [0.25, 0.3) is 0 Å². The Morgan fingerprint density at radius 2 is 2.06 bits per heavy atom. The Kier molecular flexibility index (Phi) is 3.78. The minimum Gasteiger partial charge on any atom is -0.469 e. The zero-order valence-corrected chi connectivity index (χ0v) is 9.15. The van der Waals surface area contributed by atoms with Crippen molar-refractivity contribution in [2.45, 2.75) is 32.4 Å². The Bertz CT molecular complexity index is 351. The molecule has 0 radical (unpaired) electrons. The van der Waals surface area contributed by atoms with Crippen molar-refractivity contribution in [2.75, 3.05) is 7.11 Å². The van der Waals surface area contributed by atoms with E-state index in [2.05, 4.69) is 4.74 Å². The van der Waals surface area contributed by atoms with Crippen molar-refractivity contribution in [2.24, 2.45) is 0 Å². The van der Waals surface area contributed by atoms with Crippen LogP contribution >= 0.6 is 0 Å². The highest BCUT2D eigenvalue weighted by atomic mass is 19.4. The lowest BCUT2D eigenvalue weighted by Gasteiger charge is -2.19. The molecule has 0 aromatic heterocycles. The molecule has 1 aliphatic rings. The van der Waals surface area contributed by atoms with Crippen LogP contribution in [-0.4, -0.2) is 19.3 Å². The molecule has 1 aliphatic carbocycles. The number of allylic oxidation sites excluding steroid dienone is 3. The van der Waals surface area contributed by atoms with Gasteiger partial charge in [-0.2, -0.15) is 13.2 Å². The number of carbonyl (C=O) groups excluding carboxylic acids is 1. The molecule has 0 amide bonds. The van der Waals surface area contributed by atoms with E-state index in [0.29, 0.717) is 24.0 Å². The number of alkyl halides is 3. The first-order chi connectivity index (χ1) is 7.34. The van der Waals surface area contributed by atoms with Crippen LogP contribution in [0.4, 0.5) is 13.2 Å². The fourth-order valence-corrected chi connectivity index (χ4v) is 1.60. The van der Waals surface area contributed by atoms with Gasteiger partial charge in [0.05, 0.1) is 19.1 Å². The maximum absolute atomic E-state index is 12.6. The Balaban J connectivity index is 2.88. The van der Waals surface area contributed by atoms with Gasteiger partial charge in [0, 0.05) is 0 Å². The van der Waals surface area contributed by atoms with Crippen molar-refractivity contribution in [1.82, 2.24) is 0 Å². The monoisotopic (exact) mass is 234 g/mol. The van der Waals surface area contributed by atoms with Gasteiger partial charge in [-0.25, -0.2) is 0 Å². The van der Waals surface area contributed by atoms with Crippen LogP contribution < -0.4 is 0 Å². The molecule has 90 valence electrons. The van der Waals surface area contributed by atoms with E-state index < -0.39 is 17.7 Å². The lowest BCUT2D eigenvalue weighted by atomic mass is 9.91. The molecule has 0 fully saturated rings. The van der Waals surface area contributed by atoms with Crippen molar-refractivity contribution in [3.63, 3.8) is 0 Å². The molecule has 0 spiro atoms. The number of ether oxygens (including phenoxy) is 1. The number of methoxy groups -OCH3 is 1. The summed E-state index contributed by atoms with van der Waals surface area (Å²) in [7, 11) is 1.22. The van der Waals surface area contributed by atoms with Gasteiger partial charge in [0.2, 0.25) is 0 Å². The summed E-state index contributed by atoms with van der Waals surface area (Å²) in [6, 6.07) is 0. The zero-order valence-electron chi connectivity index (χ0n) is 9.15. The van der Waals surface area contributed by atoms with Gasteiger partial charge in [-0.15, -0.1) is 0 Å². The van der Waals surface area contributed by atoms with Gasteiger partial charge in [-0.1, -0.05) is 17.2 Å². The second-order valence-electron chi connectivity index (χ2n) is 3.75. The molecule has 1 rings (SSSR count). The highest BCUT2D eigenvalue weighted by molar-refractivity contribution is 5.72. The van der Waals surface area contributed by atoms with Crippen molar-refractivity contribution in [3.8, 4) is 0 Å². The second kappa shape index (κ2) is 4.72. The third kappa shape index (κ3) is 3.12. The van der Waals surface area contributed by atoms with Gasteiger partial charge in [0.25, 0.3) is 0 Å². The quantitative estimate of drug-likeness (QED) is 0.686. The topological polar surface area (TPSA) is 26.3 Å². The first-order valence-electron chi connectivity index (χ1n) is 4.88. The van der Waals surface area contributed by atoms with Crippen molar-refractivity contribution in [1.29, 1.82) is 0 Å². The molecule has 0 aromatic rings. The predicted octanol–water partition coefficient (Wildman–Crippen LogP) is 3.15. The molecule has 0 unspecified atom stereocenters. The smallest absolute Gasteiger partial charge is 0.416 e. The Morgan fingerprint density at radius 1 is 1.44 bits per heavy atom. The Labute approximate surface area is 91.8 Å². The largest absolute Gasteiger partial charge is 0.469 e. The molecule has 16 heavy (non-hydrogen) atoms. The van der Waals surface area contributed by atoms with Gasteiger partial charge >= 0.3 is 12.1 Å². The molecule has 0 saturated heterocycles. The molecular weight excluding hydrogens is 221 g/mol. The van der Waals surface area contributed by atoms with E-state index in [9.17, 15) is 18.0 Å². The van der Waals surface area contributed by atoms with E-state index in [4.69, 9.17) is 0 Å². The summed E-state index contributed by atoms with van der Waals surface area (Å²) in [4.78, 5) is 11.0. The normalized spacial score (nSPS) is 17.2. The summed E-state index contributed by atoms with van der Waals surface area (Å²) >= 11 is 0. The van der Waals surface area contributed by atoms with Crippen LogP contribution in [0.5, 0.6) is 0 Å². The first kappa shape index (κ1) is 12.8. The van der Waals surface area contributed by atoms with Crippen molar-refractivity contribution < 1.29 is 22.7 Å². The van der Waals surface area contributed by atoms with Crippen LogP contribution in [0.3, 0.4) is 0 Å². The fraction of sp³-hybridized carbons (Fsp3) is 0.545. The average Bonchev–Trinajstić information content (AvgIpc) is 2.19. The lowest BCUT2D eigenvalue weighted by Crippen LogP contribution is -2.16. The SMILES string of the molecule is COC(=O)CC1=CC(C(F)(F)F)=C(C)CC1. The van der Waals surface area contributed by atoms with E-state index in [1.807, 2.05) is 0 Å². The molecule has 0 heterocycles. The number of hydrogen-bond donors (Lipinski definition) is 0. The van der Waals surface area contributed by atoms with E-state index in [-0.39, 0.29) is 6.42 Å². The summed E-state index contributed by atoms with van der Waals surface area (Å²) in [5.74, 6) is -0.507. The van der Waals surface area contributed by atoms with Crippen LogP contribution in [0, 0.1) is 0 Å². The number of rotatable bonds is 2. The number of carbonyl (C=O) groups is 1. The van der Waals surface area contributed by atoms with E-state index >= 15 is 0 Å². The van der Waals surface area contributed by atoms with Gasteiger partial charge in [-0.3, -0.25) is 4.79 Å². The van der Waals surface area contributed by atoms with E-state index in [0.717, 1.165) is 6.08 Å². The maximum atomic E-state index is 12.6. The van der Waals surface area contributed by atoms with Gasteiger partial charge in [-0.05, 0) is 19.8 Å². The second-order valence-corrected chi connectivity index (χ2v) is 3.75. The van der Waals surface area contributed by atoms with Gasteiger partial charge in [0.15, 0.2) is 0 Å².